The zero-order valence-corrected chi connectivity index (χ0v) is 22.3. The summed E-state index contributed by atoms with van der Waals surface area (Å²) in [5.41, 5.74) is 5.88. The third kappa shape index (κ3) is 9.08. The summed E-state index contributed by atoms with van der Waals surface area (Å²) < 4.78 is 0. The molecule has 10 heteroatoms. The molecule has 1 saturated heterocycles. The lowest BCUT2D eigenvalue weighted by atomic mass is 9.91. The number of primary amides is 1. The fraction of sp³-hybridized carbons (Fsp3) is 0.600. The van der Waals surface area contributed by atoms with Crippen molar-refractivity contribution in [2.24, 2.45) is 17.1 Å². The lowest BCUT2D eigenvalue weighted by molar-refractivity contribution is -0.140. The van der Waals surface area contributed by atoms with E-state index in [9.17, 15) is 19.2 Å². The van der Waals surface area contributed by atoms with Crippen LogP contribution >= 0.6 is 11.8 Å². The zero-order valence-electron chi connectivity index (χ0n) is 21.5. The molecule has 0 radical (unpaired) electrons. The van der Waals surface area contributed by atoms with Crippen molar-refractivity contribution in [1.82, 2.24) is 15.5 Å². The molecule has 0 aromatic heterocycles. The van der Waals surface area contributed by atoms with Crippen LogP contribution in [-0.2, 0) is 14.4 Å². The van der Waals surface area contributed by atoms with Crippen LogP contribution in [0.1, 0.15) is 53.9 Å². The van der Waals surface area contributed by atoms with Gasteiger partial charge < -0.3 is 26.6 Å². The van der Waals surface area contributed by atoms with E-state index in [0.29, 0.717) is 12.1 Å². The summed E-state index contributed by atoms with van der Waals surface area (Å²) in [6.07, 6.45) is 2.86. The topological polar surface area (TPSA) is 134 Å². The van der Waals surface area contributed by atoms with Crippen LogP contribution < -0.4 is 21.7 Å². The molecule has 1 aromatic rings. The Labute approximate surface area is 212 Å². The molecule has 5 N–H and O–H groups in total. The number of amides is 5. The molecule has 1 aromatic carbocycles. The van der Waals surface area contributed by atoms with Gasteiger partial charge in [0.1, 0.15) is 12.1 Å². The van der Waals surface area contributed by atoms with E-state index in [4.69, 9.17) is 5.73 Å². The highest BCUT2D eigenvalue weighted by Gasteiger charge is 2.41. The Balaban J connectivity index is 2.14. The van der Waals surface area contributed by atoms with E-state index < -0.39 is 36.0 Å². The predicted octanol–water partition coefficient (Wildman–Crippen LogP) is 2.95. The molecule has 2 rings (SSSR count). The summed E-state index contributed by atoms with van der Waals surface area (Å²) in [5, 5.41) is 8.42. The molecule has 35 heavy (non-hydrogen) atoms. The molecule has 194 valence electrons. The van der Waals surface area contributed by atoms with E-state index in [1.807, 2.05) is 59.1 Å². The number of urea groups is 1. The lowest BCUT2D eigenvalue weighted by Gasteiger charge is -2.28. The average molecular weight is 506 g/mol. The molecule has 0 bridgehead atoms. The summed E-state index contributed by atoms with van der Waals surface area (Å²) in [6.45, 7) is 9.93. The van der Waals surface area contributed by atoms with Crippen LogP contribution in [-0.4, -0.2) is 59.6 Å². The van der Waals surface area contributed by atoms with Crippen LogP contribution in [0.3, 0.4) is 0 Å². The molecule has 0 spiro atoms. The Morgan fingerprint density at radius 2 is 1.89 bits per heavy atom. The number of hydrogen-bond acceptors (Lipinski definition) is 5. The van der Waals surface area contributed by atoms with Crippen molar-refractivity contribution < 1.29 is 19.2 Å². The first kappa shape index (κ1) is 28.5. The monoisotopic (exact) mass is 505 g/mol. The highest BCUT2D eigenvalue weighted by Crippen LogP contribution is 2.26. The minimum atomic E-state index is -0.818. The maximum absolute atomic E-state index is 13.2. The van der Waals surface area contributed by atoms with Crippen LogP contribution in [0.15, 0.2) is 29.2 Å². The first-order valence-corrected chi connectivity index (χ1v) is 13.1. The van der Waals surface area contributed by atoms with Gasteiger partial charge in [-0.15, -0.1) is 11.8 Å². The number of carbonyl (C=O) groups excluding carboxylic acids is 4. The molecule has 0 saturated carbocycles. The van der Waals surface area contributed by atoms with Crippen LogP contribution in [0.2, 0.25) is 0 Å². The van der Waals surface area contributed by atoms with E-state index in [2.05, 4.69) is 16.0 Å². The van der Waals surface area contributed by atoms with Gasteiger partial charge in [-0.05, 0) is 48.6 Å². The van der Waals surface area contributed by atoms with Gasteiger partial charge in [0.15, 0.2) is 0 Å². The summed E-state index contributed by atoms with van der Waals surface area (Å²) in [5.74, 6) is -1.07. The van der Waals surface area contributed by atoms with E-state index in [-0.39, 0.29) is 36.6 Å². The third-order valence-electron chi connectivity index (χ3n) is 5.64. The first-order chi connectivity index (χ1) is 16.3. The number of hydrogen-bond donors (Lipinski definition) is 4. The number of rotatable bonds is 9. The minimum absolute atomic E-state index is 0.151. The average Bonchev–Trinajstić information content (AvgIpc) is 3.15. The van der Waals surface area contributed by atoms with Crippen LogP contribution in [0, 0.1) is 11.3 Å². The van der Waals surface area contributed by atoms with E-state index in [1.165, 1.54) is 4.90 Å². The maximum Gasteiger partial charge on any atom is 0.319 e. The second kappa shape index (κ2) is 12.3. The van der Waals surface area contributed by atoms with Crippen molar-refractivity contribution in [3.63, 3.8) is 0 Å². The van der Waals surface area contributed by atoms with Crippen LogP contribution in [0.4, 0.5) is 10.5 Å². The molecule has 3 atom stereocenters. The van der Waals surface area contributed by atoms with Gasteiger partial charge >= 0.3 is 6.03 Å². The summed E-state index contributed by atoms with van der Waals surface area (Å²) in [7, 11) is 0. The summed E-state index contributed by atoms with van der Waals surface area (Å²) in [4.78, 5) is 53.3. The molecule has 1 heterocycles. The Morgan fingerprint density at radius 3 is 2.46 bits per heavy atom. The summed E-state index contributed by atoms with van der Waals surface area (Å²) in [6, 6.07) is 5.02. The van der Waals surface area contributed by atoms with E-state index >= 15 is 0 Å². The van der Waals surface area contributed by atoms with Crippen LogP contribution in [0.5, 0.6) is 0 Å². The van der Waals surface area contributed by atoms with Crippen molar-refractivity contribution in [2.75, 3.05) is 18.1 Å². The van der Waals surface area contributed by atoms with Crippen molar-refractivity contribution in [2.45, 2.75) is 76.9 Å². The fourth-order valence-electron chi connectivity index (χ4n) is 4.06. The molecular formula is C25H39N5O4S. The van der Waals surface area contributed by atoms with E-state index in [0.717, 1.165) is 4.90 Å². The number of thioether (sulfide) groups is 1. The normalized spacial score (nSPS) is 18.8. The SMILES string of the molecule is CSc1cccc(NC(=O)N[C@H]2C[C@@H](C(=O)N[C@@H](CC(C)C)C(N)=O)N(C(=O)CC(C)(C)C)C2)c1. The zero-order chi connectivity index (χ0) is 26.3. The smallest absolute Gasteiger partial charge is 0.319 e. The van der Waals surface area contributed by atoms with E-state index in [1.54, 1.807) is 17.8 Å². The van der Waals surface area contributed by atoms with Gasteiger partial charge in [0.2, 0.25) is 17.7 Å². The molecule has 1 fully saturated rings. The number of benzene rings is 1. The van der Waals surface area contributed by atoms with Gasteiger partial charge in [0.05, 0.1) is 6.04 Å². The Hall–Kier alpha value is -2.75. The molecule has 1 aliphatic heterocycles. The number of likely N-dealkylation sites (tertiary alicyclic amines) is 1. The quantitative estimate of drug-likeness (QED) is 0.383. The van der Waals surface area contributed by atoms with Gasteiger partial charge in [0.25, 0.3) is 0 Å². The van der Waals surface area contributed by atoms with Crippen molar-refractivity contribution in [3.05, 3.63) is 24.3 Å². The highest BCUT2D eigenvalue weighted by atomic mass is 32.2. The third-order valence-corrected chi connectivity index (χ3v) is 6.36. The van der Waals surface area contributed by atoms with Gasteiger partial charge in [-0.1, -0.05) is 40.7 Å². The Morgan fingerprint density at radius 1 is 1.20 bits per heavy atom. The van der Waals surface area contributed by atoms with Crippen molar-refractivity contribution in [3.8, 4) is 0 Å². The van der Waals surface area contributed by atoms with Crippen LogP contribution in [0.25, 0.3) is 0 Å². The molecule has 0 aliphatic carbocycles. The second-order valence-electron chi connectivity index (χ2n) is 10.7. The van der Waals surface area contributed by atoms with Crippen molar-refractivity contribution >= 4 is 41.2 Å². The van der Waals surface area contributed by atoms with Crippen molar-refractivity contribution in [1.29, 1.82) is 0 Å². The number of nitrogens with one attached hydrogen (secondary N) is 3. The van der Waals surface area contributed by atoms with Gasteiger partial charge in [-0.3, -0.25) is 14.4 Å². The Bertz CT molecular complexity index is 931. The highest BCUT2D eigenvalue weighted by molar-refractivity contribution is 7.98. The first-order valence-electron chi connectivity index (χ1n) is 11.9. The molecular weight excluding hydrogens is 466 g/mol. The van der Waals surface area contributed by atoms with Gasteiger partial charge in [-0.25, -0.2) is 4.79 Å². The standard InChI is InChI=1S/C25H39N5O4S/c1-15(2)10-19(22(26)32)29-23(33)20-12-17(14-30(20)21(31)13-25(3,4)5)28-24(34)27-16-8-7-9-18(11-16)35-6/h7-9,11,15,17,19-20H,10,12-14H2,1-6H3,(H2,26,32)(H,29,33)(H2,27,28,34)/t17-,19-,20-/m0/s1. The molecule has 5 amide bonds. The number of anilines is 1. The number of nitrogens with two attached hydrogens (primary N) is 1. The number of carbonyl (C=O) groups is 4. The number of nitrogens with zero attached hydrogens (tertiary/aromatic N) is 1. The largest absolute Gasteiger partial charge is 0.368 e. The van der Waals surface area contributed by atoms with Gasteiger partial charge in [0, 0.05) is 23.5 Å². The lowest BCUT2D eigenvalue weighted by Crippen LogP contribution is -2.52. The second-order valence-corrected chi connectivity index (χ2v) is 11.5. The Kier molecular flexibility index (Phi) is 10.00. The molecule has 9 nitrogen and oxygen atoms in total. The maximum atomic E-state index is 13.2. The fourth-order valence-corrected chi connectivity index (χ4v) is 4.52. The summed E-state index contributed by atoms with van der Waals surface area (Å²) >= 11 is 1.57. The molecule has 0 unspecified atom stereocenters. The van der Waals surface area contributed by atoms with Gasteiger partial charge in [-0.2, -0.15) is 0 Å². The predicted molar refractivity (Wildman–Crippen MR) is 139 cm³/mol. The minimum Gasteiger partial charge on any atom is -0.368 e. The molecule has 1 aliphatic rings.